The van der Waals surface area contributed by atoms with Crippen LogP contribution in [0.2, 0.25) is 0 Å². The van der Waals surface area contributed by atoms with Crippen molar-refractivity contribution in [2.45, 2.75) is 57.1 Å². The van der Waals surface area contributed by atoms with Crippen molar-refractivity contribution in [3.8, 4) is 5.75 Å². The number of nitrogens with zero attached hydrogens (tertiary/aromatic N) is 1. The maximum absolute atomic E-state index is 14.9. The number of benzene rings is 1. The van der Waals surface area contributed by atoms with Gasteiger partial charge in [0, 0.05) is 31.6 Å². The van der Waals surface area contributed by atoms with Crippen molar-refractivity contribution in [1.82, 2.24) is 15.6 Å². The summed E-state index contributed by atoms with van der Waals surface area (Å²) < 4.78 is 25.9. The SMILES string of the molecule is O=C(N[C@H]1CCOC[C@@H]1O)c1cc(Cc2ccc(C(=O)NCC3CCCC3)c(F)c2)c2c(n1)CCO2. The number of halogens is 1. The van der Waals surface area contributed by atoms with E-state index in [1.165, 1.54) is 25.0 Å². The van der Waals surface area contributed by atoms with Gasteiger partial charge in [-0.1, -0.05) is 18.9 Å². The molecule has 8 nitrogen and oxygen atoms in total. The number of hydrogen-bond donors (Lipinski definition) is 3. The number of fused-ring (bicyclic) bond motifs is 1. The number of carbonyl (C=O) groups is 2. The van der Waals surface area contributed by atoms with Crippen molar-refractivity contribution >= 4 is 11.8 Å². The lowest BCUT2D eigenvalue weighted by molar-refractivity contribution is -0.0261. The van der Waals surface area contributed by atoms with Gasteiger partial charge in [-0.3, -0.25) is 9.59 Å². The number of carbonyl (C=O) groups excluding carboxylic acids is 2. The first-order valence-electron chi connectivity index (χ1n) is 12.8. The van der Waals surface area contributed by atoms with Gasteiger partial charge in [0.1, 0.15) is 17.3 Å². The molecule has 9 heteroatoms. The van der Waals surface area contributed by atoms with Crippen molar-refractivity contribution in [2.75, 3.05) is 26.4 Å². The Balaban J connectivity index is 1.30. The van der Waals surface area contributed by atoms with Crippen molar-refractivity contribution in [3.63, 3.8) is 0 Å². The van der Waals surface area contributed by atoms with Crippen LogP contribution in [0.25, 0.3) is 0 Å². The Hall–Kier alpha value is -3.04. The minimum absolute atomic E-state index is 0.0306. The summed E-state index contributed by atoms with van der Waals surface area (Å²) >= 11 is 0. The van der Waals surface area contributed by atoms with Crippen molar-refractivity contribution in [1.29, 1.82) is 0 Å². The Bertz CT molecular complexity index is 1130. The molecule has 2 fully saturated rings. The van der Waals surface area contributed by atoms with Crippen LogP contribution < -0.4 is 15.4 Å². The van der Waals surface area contributed by atoms with Crippen LogP contribution in [0.1, 0.15) is 69.8 Å². The first kappa shape index (κ1) is 24.6. The Morgan fingerprint density at radius 2 is 1.94 bits per heavy atom. The molecule has 0 spiro atoms. The van der Waals surface area contributed by atoms with Crippen LogP contribution in [-0.2, 0) is 17.6 Å². The molecule has 1 aromatic carbocycles. The molecular weight excluding hydrogens is 465 g/mol. The van der Waals surface area contributed by atoms with Gasteiger partial charge in [0.25, 0.3) is 11.8 Å². The molecule has 2 aliphatic heterocycles. The molecule has 1 saturated heterocycles. The van der Waals surface area contributed by atoms with Gasteiger partial charge in [-0.2, -0.15) is 0 Å². The van der Waals surface area contributed by atoms with Crippen LogP contribution in [0.5, 0.6) is 5.75 Å². The third-order valence-electron chi connectivity index (χ3n) is 7.28. The van der Waals surface area contributed by atoms with Gasteiger partial charge < -0.3 is 25.2 Å². The lowest BCUT2D eigenvalue weighted by Crippen LogP contribution is -2.48. The first-order chi connectivity index (χ1) is 17.5. The lowest BCUT2D eigenvalue weighted by atomic mass is 10.0. The highest BCUT2D eigenvalue weighted by molar-refractivity contribution is 5.94. The zero-order chi connectivity index (χ0) is 25.1. The summed E-state index contributed by atoms with van der Waals surface area (Å²) in [7, 11) is 0. The fourth-order valence-corrected chi connectivity index (χ4v) is 5.24. The number of amides is 2. The number of aliphatic hydroxyl groups excluding tert-OH is 1. The third-order valence-corrected chi connectivity index (χ3v) is 7.28. The Morgan fingerprint density at radius 3 is 2.72 bits per heavy atom. The second-order valence-corrected chi connectivity index (χ2v) is 9.90. The number of pyridine rings is 1. The molecule has 2 atom stereocenters. The van der Waals surface area contributed by atoms with Crippen LogP contribution in [-0.4, -0.2) is 60.4 Å². The molecule has 0 bridgehead atoms. The molecule has 1 aromatic heterocycles. The number of rotatable bonds is 7. The fourth-order valence-electron chi connectivity index (χ4n) is 5.24. The smallest absolute Gasteiger partial charge is 0.270 e. The van der Waals surface area contributed by atoms with Gasteiger partial charge in [0.05, 0.1) is 36.6 Å². The van der Waals surface area contributed by atoms with Crippen LogP contribution >= 0.6 is 0 Å². The standard InChI is InChI=1S/C27H32FN3O5/c28-20-12-17(5-6-19(20)26(33)29-14-16-3-1-2-4-16)11-18-13-23(30-22-8-10-36-25(18)22)27(34)31-21-7-9-35-15-24(21)32/h5-6,12-13,16,21,24,32H,1-4,7-11,14-15H2,(H,29,33)(H,31,34)/t21-,24-/m0/s1. The van der Waals surface area contributed by atoms with Gasteiger partial charge in [0.2, 0.25) is 0 Å². The average Bonchev–Trinajstić information content (AvgIpc) is 3.56. The second kappa shape index (κ2) is 10.9. The zero-order valence-electron chi connectivity index (χ0n) is 20.2. The fraction of sp³-hybridized carbons (Fsp3) is 0.519. The molecule has 3 heterocycles. The summed E-state index contributed by atoms with van der Waals surface area (Å²) in [5, 5.41) is 15.8. The molecule has 36 heavy (non-hydrogen) atoms. The van der Waals surface area contributed by atoms with Crippen LogP contribution in [0.3, 0.4) is 0 Å². The van der Waals surface area contributed by atoms with Crippen molar-refractivity contribution < 1.29 is 28.6 Å². The summed E-state index contributed by atoms with van der Waals surface area (Å²) in [4.78, 5) is 29.9. The highest BCUT2D eigenvalue weighted by Crippen LogP contribution is 2.31. The number of nitrogens with one attached hydrogen (secondary N) is 2. The van der Waals surface area contributed by atoms with Gasteiger partial charge in [-0.15, -0.1) is 0 Å². The zero-order valence-corrected chi connectivity index (χ0v) is 20.2. The number of aromatic nitrogens is 1. The van der Waals surface area contributed by atoms with E-state index >= 15 is 0 Å². The Labute approximate surface area is 209 Å². The number of hydrogen-bond acceptors (Lipinski definition) is 6. The summed E-state index contributed by atoms with van der Waals surface area (Å²) in [6.45, 7) is 1.70. The van der Waals surface area contributed by atoms with E-state index in [2.05, 4.69) is 15.6 Å². The van der Waals surface area contributed by atoms with E-state index < -0.39 is 23.9 Å². The van der Waals surface area contributed by atoms with Gasteiger partial charge in [-0.05, 0) is 48.9 Å². The molecule has 2 amide bonds. The van der Waals surface area contributed by atoms with Crippen LogP contribution in [0, 0.1) is 11.7 Å². The Kier molecular flexibility index (Phi) is 7.48. The maximum atomic E-state index is 14.9. The minimum atomic E-state index is -0.767. The van der Waals surface area contributed by atoms with E-state index in [9.17, 15) is 19.1 Å². The molecule has 2 aromatic rings. The average molecular weight is 498 g/mol. The largest absolute Gasteiger partial charge is 0.491 e. The van der Waals surface area contributed by atoms with Crippen LogP contribution in [0.15, 0.2) is 24.3 Å². The molecule has 1 saturated carbocycles. The summed E-state index contributed by atoms with van der Waals surface area (Å²) in [6, 6.07) is 5.86. The molecule has 5 rings (SSSR count). The monoisotopic (exact) mass is 497 g/mol. The molecule has 3 aliphatic rings. The summed E-state index contributed by atoms with van der Waals surface area (Å²) in [5.74, 6) is -0.247. The highest BCUT2D eigenvalue weighted by atomic mass is 19.1. The lowest BCUT2D eigenvalue weighted by Gasteiger charge is -2.28. The van der Waals surface area contributed by atoms with E-state index in [1.54, 1.807) is 12.1 Å². The number of aliphatic hydroxyl groups is 1. The van der Waals surface area contributed by atoms with Crippen molar-refractivity contribution in [2.24, 2.45) is 5.92 Å². The molecule has 3 N–H and O–H groups in total. The normalized spacial score (nSPS) is 21.6. The Morgan fingerprint density at radius 1 is 1.11 bits per heavy atom. The molecule has 1 aliphatic carbocycles. The topological polar surface area (TPSA) is 110 Å². The van der Waals surface area contributed by atoms with E-state index in [0.717, 1.165) is 18.4 Å². The maximum Gasteiger partial charge on any atom is 0.270 e. The van der Waals surface area contributed by atoms with E-state index in [-0.39, 0.29) is 23.8 Å². The number of ether oxygens (including phenoxy) is 2. The van der Waals surface area contributed by atoms with Crippen molar-refractivity contribution in [3.05, 3.63) is 58.2 Å². The molecule has 0 unspecified atom stereocenters. The van der Waals surface area contributed by atoms with Gasteiger partial charge in [-0.25, -0.2) is 9.37 Å². The van der Waals surface area contributed by atoms with Gasteiger partial charge in [0.15, 0.2) is 0 Å². The predicted octanol–water partition coefficient (Wildman–Crippen LogP) is 2.55. The van der Waals surface area contributed by atoms with Crippen LogP contribution in [0.4, 0.5) is 4.39 Å². The van der Waals surface area contributed by atoms with E-state index in [4.69, 9.17) is 9.47 Å². The minimum Gasteiger partial charge on any atom is -0.491 e. The second-order valence-electron chi connectivity index (χ2n) is 9.90. The molecule has 192 valence electrons. The van der Waals surface area contributed by atoms with Gasteiger partial charge >= 0.3 is 0 Å². The molecule has 0 radical (unpaired) electrons. The highest BCUT2D eigenvalue weighted by Gasteiger charge is 2.28. The quantitative estimate of drug-likeness (QED) is 0.543. The predicted molar refractivity (Wildman–Crippen MR) is 130 cm³/mol. The third kappa shape index (κ3) is 5.52. The van der Waals surface area contributed by atoms with E-state index in [0.29, 0.717) is 61.9 Å². The summed E-state index contributed by atoms with van der Waals surface area (Å²) in [6.07, 6.45) is 5.25. The summed E-state index contributed by atoms with van der Waals surface area (Å²) in [5.41, 5.74) is 2.34. The molecular formula is C27H32FN3O5. The first-order valence-corrected chi connectivity index (χ1v) is 12.8. The van der Waals surface area contributed by atoms with E-state index in [1.807, 2.05) is 0 Å².